The highest BCUT2D eigenvalue weighted by Crippen LogP contribution is 2.11. The Hall–Kier alpha value is -0.620. The van der Waals surface area contributed by atoms with Crippen molar-refractivity contribution < 1.29 is 9.00 Å². The maximum atomic E-state index is 11.8. The first kappa shape index (κ1) is 15.4. The maximum absolute atomic E-state index is 11.8. The topological polar surface area (TPSA) is 52.7 Å². The lowest BCUT2D eigenvalue weighted by Crippen LogP contribution is -2.49. The highest BCUT2D eigenvalue weighted by atomic mass is 32.2. The van der Waals surface area contributed by atoms with Gasteiger partial charge in [0.25, 0.3) is 0 Å². The monoisotopic (exact) mass is 275 g/mol. The molecule has 0 aliphatic carbocycles. The number of nitrogens with zero attached hydrogens (tertiary/aromatic N) is 2. The van der Waals surface area contributed by atoms with E-state index in [1.54, 1.807) is 25.3 Å². The molecule has 18 heavy (non-hydrogen) atoms. The molecule has 1 N–H and O–H groups in total. The molecule has 0 aromatic rings. The SMILES string of the molecule is CC(CNC1CCN(C(=O)N(C)C)CC1)S(C)=O. The number of carbonyl (C=O) groups is 1. The van der Waals surface area contributed by atoms with Crippen LogP contribution in [0.3, 0.4) is 0 Å². The lowest BCUT2D eigenvalue weighted by atomic mass is 10.1. The molecule has 0 aromatic carbocycles. The van der Waals surface area contributed by atoms with Crippen molar-refractivity contribution in [3.8, 4) is 0 Å². The van der Waals surface area contributed by atoms with Crippen LogP contribution in [0.4, 0.5) is 4.79 Å². The van der Waals surface area contributed by atoms with Crippen LogP contribution in [0.2, 0.25) is 0 Å². The molecule has 5 nitrogen and oxygen atoms in total. The molecule has 0 saturated carbocycles. The standard InChI is InChI=1S/C12H25N3O2S/c1-10(18(4)17)9-13-11-5-7-15(8-6-11)12(16)14(2)3/h10-11,13H,5-9H2,1-4H3. The molecule has 2 unspecified atom stereocenters. The van der Waals surface area contributed by atoms with Crippen LogP contribution in [0.15, 0.2) is 0 Å². The zero-order valence-electron chi connectivity index (χ0n) is 11.8. The predicted octanol–water partition coefficient (Wildman–Crippen LogP) is 0.489. The van der Waals surface area contributed by atoms with Crippen LogP contribution >= 0.6 is 0 Å². The number of piperidine rings is 1. The van der Waals surface area contributed by atoms with Crippen LogP contribution in [0, 0.1) is 0 Å². The molecule has 1 aliphatic rings. The molecule has 0 spiro atoms. The molecule has 2 atom stereocenters. The number of hydrogen-bond acceptors (Lipinski definition) is 3. The van der Waals surface area contributed by atoms with Crippen LogP contribution in [-0.4, -0.2) is 71.3 Å². The Kier molecular flexibility index (Phi) is 6.08. The minimum atomic E-state index is -0.769. The van der Waals surface area contributed by atoms with Gasteiger partial charge in [-0.2, -0.15) is 0 Å². The number of amides is 2. The summed E-state index contributed by atoms with van der Waals surface area (Å²) in [6, 6.07) is 0.540. The van der Waals surface area contributed by atoms with Gasteiger partial charge in [0.15, 0.2) is 0 Å². The third-order valence-corrected chi connectivity index (χ3v) is 4.71. The third-order valence-electron chi connectivity index (χ3n) is 3.41. The second-order valence-corrected chi connectivity index (χ2v) is 6.96. The molecule has 1 rings (SSSR count). The van der Waals surface area contributed by atoms with Crippen LogP contribution in [0.25, 0.3) is 0 Å². The summed E-state index contributed by atoms with van der Waals surface area (Å²) >= 11 is 0. The molecule has 6 heteroatoms. The Bertz CT molecular complexity index is 302. The summed E-state index contributed by atoms with van der Waals surface area (Å²) in [6.07, 6.45) is 3.69. The van der Waals surface area contributed by atoms with E-state index in [2.05, 4.69) is 5.32 Å². The Morgan fingerprint density at radius 1 is 1.44 bits per heavy atom. The largest absolute Gasteiger partial charge is 0.331 e. The first-order valence-corrected chi connectivity index (χ1v) is 8.05. The van der Waals surface area contributed by atoms with E-state index in [0.717, 1.165) is 32.5 Å². The normalized spacial score (nSPS) is 20.6. The molecule has 0 bridgehead atoms. The van der Waals surface area contributed by atoms with Gasteiger partial charge in [-0.05, 0) is 19.8 Å². The van der Waals surface area contributed by atoms with Crippen molar-refractivity contribution in [3.05, 3.63) is 0 Å². The lowest BCUT2D eigenvalue weighted by molar-refractivity contribution is 0.152. The molecule has 1 fully saturated rings. The van der Waals surface area contributed by atoms with Crippen LogP contribution < -0.4 is 5.32 Å². The van der Waals surface area contributed by atoms with Gasteiger partial charge in [0.05, 0.1) is 0 Å². The second kappa shape index (κ2) is 7.09. The Morgan fingerprint density at radius 2 is 2.00 bits per heavy atom. The van der Waals surface area contributed by atoms with E-state index in [9.17, 15) is 9.00 Å². The summed E-state index contributed by atoms with van der Waals surface area (Å²) in [6.45, 7) is 4.39. The summed E-state index contributed by atoms with van der Waals surface area (Å²) in [5, 5.41) is 3.63. The molecule has 0 aromatic heterocycles. The van der Waals surface area contributed by atoms with Gasteiger partial charge in [-0.3, -0.25) is 4.21 Å². The third kappa shape index (κ3) is 4.57. The summed E-state index contributed by atoms with van der Waals surface area (Å²) in [4.78, 5) is 15.3. The summed E-state index contributed by atoms with van der Waals surface area (Å²) in [5.41, 5.74) is 0. The van der Waals surface area contributed by atoms with Crippen molar-refractivity contribution in [3.63, 3.8) is 0 Å². The molecule has 106 valence electrons. The van der Waals surface area contributed by atoms with Crippen molar-refractivity contribution in [2.75, 3.05) is 40.0 Å². The van der Waals surface area contributed by atoms with Gasteiger partial charge < -0.3 is 15.1 Å². The van der Waals surface area contributed by atoms with Crippen molar-refractivity contribution in [1.82, 2.24) is 15.1 Å². The fraction of sp³-hybridized carbons (Fsp3) is 0.917. The first-order valence-electron chi connectivity index (χ1n) is 6.43. The number of carbonyl (C=O) groups excluding carboxylic acids is 1. The van der Waals surface area contributed by atoms with Crippen LogP contribution in [0.5, 0.6) is 0 Å². The number of likely N-dealkylation sites (tertiary alicyclic amines) is 1. The second-order valence-electron chi connectivity index (χ2n) is 5.16. The number of hydrogen-bond donors (Lipinski definition) is 1. The molecule has 0 radical (unpaired) electrons. The van der Waals surface area contributed by atoms with Crippen molar-refractivity contribution >= 4 is 16.8 Å². The van der Waals surface area contributed by atoms with Gasteiger partial charge in [0.1, 0.15) is 0 Å². The van der Waals surface area contributed by atoms with Crippen molar-refractivity contribution in [1.29, 1.82) is 0 Å². The predicted molar refractivity (Wildman–Crippen MR) is 75.2 cm³/mol. The fourth-order valence-corrected chi connectivity index (χ4v) is 2.34. The zero-order valence-corrected chi connectivity index (χ0v) is 12.6. The number of rotatable bonds is 4. The van der Waals surface area contributed by atoms with Crippen LogP contribution in [0.1, 0.15) is 19.8 Å². The van der Waals surface area contributed by atoms with E-state index in [1.807, 2.05) is 11.8 Å². The van der Waals surface area contributed by atoms with Gasteiger partial charge in [-0.15, -0.1) is 0 Å². The Morgan fingerprint density at radius 3 is 2.44 bits per heavy atom. The molecular formula is C12H25N3O2S. The highest BCUT2D eigenvalue weighted by molar-refractivity contribution is 7.84. The van der Waals surface area contributed by atoms with Gasteiger partial charge in [0.2, 0.25) is 0 Å². The summed E-state index contributed by atoms with van der Waals surface area (Å²) in [5.74, 6) is 0. The smallest absolute Gasteiger partial charge is 0.319 e. The highest BCUT2D eigenvalue weighted by Gasteiger charge is 2.23. The van der Waals surface area contributed by atoms with E-state index in [4.69, 9.17) is 0 Å². The maximum Gasteiger partial charge on any atom is 0.319 e. The molecule has 1 heterocycles. The average molecular weight is 275 g/mol. The quantitative estimate of drug-likeness (QED) is 0.812. The Labute approximate surface area is 112 Å². The number of urea groups is 1. The van der Waals surface area contributed by atoms with Crippen LogP contribution in [-0.2, 0) is 10.8 Å². The van der Waals surface area contributed by atoms with Gasteiger partial charge in [-0.1, -0.05) is 0 Å². The molecule has 1 saturated heterocycles. The Balaban J connectivity index is 2.27. The van der Waals surface area contributed by atoms with E-state index in [-0.39, 0.29) is 11.3 Å². The molecular weight excluding hydrogens is 250 g/mol. The van der Waals surface area contributed by atoms with E-state index < -0.39 is 10.8 Å². The first-order chi connectivity index (χ1) is 8.41. The molecule has 1 aliphatic heterocycles. The van der Waals surface area contributed by atoms with E-state index in [0.29, 0.717) is 6.04 Å². The van der Waals surface area contributed by atoms with E-state index >= 15 is 0 Å². The summed E-state index contributed by atoms with van der Waals surface area (Å²) < 4.78 is 11.2. The minimum Gasteiger partial charge on any atom is -0.331 e. The fourth-order valence-electron chi connectivity index (χ4n) is 2.01. The van der Waals surface area contributed by atoms with Crippen molar-refractivity contribution in [2.45, 2.75) is 31.1 Å². The average Bonchev–Trinajstić information content (AvgIpc) is 2.35. The van der Waals surface area contributed by atoms with E-state index in [1.165, 1.54) is 0 Å². The molecule has 2 amide bonds. The minimum absolute atomic E-state index is 0.0940. The van der Waals surface area contributed by atoms with Gasteiger partial charge >= 0.3 is 6.03 Å². The lowest BCUT2D eigenvalue weighted by Gasteiger charge is -2.34. The zero-order chi connectivity index (χ0) is 13.7. The number of nitrogens with one attached hydrogen (secondary N) is 1. The van der Waals surface area contributed by atoms with Gasteiger partial charge in [-0.25, -0.2) is 4.79 Å². The van der Waals surface area contributed by atoms with Crippen molar-refractivity contribution in [2.24, 2.45) is 0 Å². The summed E-state index contributed by atoms with van der Waals surface area (Å²) in [7, 11) is 2.80. The van der Waals surface area contributed by atoms with Gasteiger partial charge in [0, 0.05) is 62.1 Å².